The number of rotatable bonds is 12. The predicted molar refractivity (Wildman–Crippen MR) is 147 cm³/mol. The number of tetrazole rings is 1. The summed E-state index contributed by atoms with van der Waals surface area (Å²) in [7, 11) is 1.63. The van der Waals surface area contributed by atoms with Gasteiger partial charge in [0.15, 0.2) is 11.5 Å². The van der Waals surface area contributed by atoms with E-state index in [1.165, 1.54) is 0 Å². The minimum atomic E-state index is 0. The maximum absolute atomic E-state index is 6.30. The number of aromatic nitrogens is 4. The molecule has 0 amide bonds. The van der Waals surface area contributed by atoms with Crippen LogP contribution in [0, 0.1) is 0 Å². The normalized spacial score (nSPS) is 10.6. The molecule has 0 fully saturated rings. The van der Waals surface area contributed by atoms with Crippen molar-refractivity contribution in [1.29, 1.82) is 0 Å². The van der Waals surface area contributed by atoms with E-state index in [0.29, 0.717) is 34.7 Å². The quantitative estimate of drug-likeness (QED) is 0.160. The number of ether oxygens (including phenoxy) is 2. The summed E-state index contributed by atoms with van der Waals surface area (Å²) in [5.41, 5.74) is 2.81. The molecule has 0 aliphatic rings. The first kappa shape index (κ1) is 28.1. The van der Waals surface area contributed by atoms with Crippen LogP contribution in [0.3, 0.4) is 0 Å². The number of hydrogen-bond donors (Lipinski definition) is 1. The molecule has 190 valence electrons. The Morgan fingerprint density at radius 3 is 2.61 bits per heavy atom. The fourth-order valence-corrected chi connectivity index (χ4v) is 4.69. The van der Waals surface area contributed by atoms with E-state index in [9.17, 15) is 0 Å². The Morgan fingerprint density at radius 2 is 1.83 bits per heavy atom. The van der Waals surface area contributed by atoms with Crippen LogP contribution >= 0.6 is 47.4 Å². The zero-order chi connectivity index (χ0) is 24.5. The summed E-state index contributed by atoms with van der Waals surface area (Å²) in [4.78, 5) is 0. The molecule has 1 aromatic heterocycles. The van der Waals surface area contributed by atoms with E-state index in [0.717, 1.165) is 40.7 Å². The van der Waals surface area contributed by atoms with Crippen molar-refractivity contribution in [2.24, 2.45) is 0 Å². The van der Waals surface area contributed by atoms with E-state index in [4.69, 9.17) is 32.7 Å². The number of nitrogens with zero attached hydrogens (tertiary/aromatic N) is 4. The zero-order valence-electron chi connectivity index (χ0n) is 19.6. The van der Waals surface area contributed by atoms with Crippen LogP contribution in [0.2, 0.25) is 10.0 Å². The van der Waals surface area contributed by atoms with Crippen LogP contribution in [0.5, 0.6) is 11.5 Å². The number of methoxy groups -OCH3 is 1. The molecule has 36 heavy (non-hydrogen) atoms. The number of nitrogens with one attached hydrogen (secondary N) is 1. The molecule has 1 heterocycles. The third-order valence-electron chi connectivity index (χ3n) is 5.15. The lowest BCUT2D eigenvalue weighted by molar-refractivity contribution is 0.280. The van der Waals surface area contributed by atoms with Gasteiger partial charge in [0.2, 0.25) is 5.16 Å². The van der Waals surface area contributed by atoms with Crippen molar-refractivity contribution in [1.82, 2.24) is 25.5 Å². The molecule has 11 heteroatoms. The number of halogens is 3. The summed E-state index contributed by atoms with van der Waals surface area (Å²) in [5, 5.41) is 17.5. The molecule has 0 radical (unpaired) electrons. The van der Waals surface area contributed by atoms with Gasteiger partial charge in [-0.2, -0.15) is 4.68 Å². The second kappa shape index (κ2) is 14.3. The van der Waals surface area contributed by atoms with Gasteiger partial charge < -0.3 is 14.8 Å². The van der Waals surface area contributed by atoms with Crippen molar-refractivity contribution in [2.75, 3.05) is 19.4 Å². The van der Waals surface area contributed by atoms with E-state index in [-0.39, 0.29) is 12.4 Å². The lowest BCUT2D eigenvalue weighted by Crippen LogP contribution is -2.16. The van der Waals surface area contributed by atoms with E-state index in [1.807, 2.05) is 54.6 Å². The van der Waals surface area contributed by atoms with Gasteiger partial charge in [-0.05, 0) is 53.7 Å². The summed E-state index contributed by atoms with van der Waals surface area (Å²) in [5.74, 6) is 2.26. The summed E-state index contributed by atoms with van der Waals surface area (Å²) in [6.45, 7) is 1.79. The van der Waals surface area contributed by atoms with Crippen LogP contribution in [-0.4, -0.2) is 39.6 Å². The molecule has 0 aliphatic carbocycles. The smallest absolute Gasteiger partial charge is 0.214 e. The fourth-order valence-electron chi connectivity index (χ4n) is 3.40. The first-order valence-electron chi connectivity index (χ1n) is 11.1. The summed E-state index contributed by atoms with van der Waals surface area (Å²) in [6.07, 6.45) is 0.951. The second-order valence-corrected chi connectivity index (χ2v) is 9.47. The number of para-hydroxylation sites is 2. The number of thioether (sulfide) groups is 1. The monoisotopic (exact) mass is 565 g/mol. The number of hydrogen-bond acceptors (Lipinski definition) is 7. The molecule has 1 N–H and O–H groups in total. The minimum absolute atomic E-state index is 0. The Hall–Kier alpha value is -2.49. The lowest BCUT2D eigenvalue weighted by atomic mass is 10.1. The molecule has 0 bridgehead atoms. The van der Waals surface area contributed by atoms with Gasteiger partial charge in [0, 0.05) is 33.5 Å². The van der Waals surface area contributed by atoms with Gasteiger partial charge in [-0.3, -0.25) is 0 Å². The van der Waals surface area contributed by atoms with Crippen LogP contribution < -0.4 is 14.8 Å². The SMILES string of the molecule is COc1cccc(CNCCCSc2nnnn2-c2ccccc2)c1OCc1ccc(Cl)cc1Cl.Cl. The highest BCUT2D eigenvalue weighted by Gasteiger charge is 2.12. The minimum Gasteiger partial charge on any atom is -0.493 e. The van der Waals surface area contributed by atoms with Gasteiger partial charge in [-0.15, -0.1) is 17.5 Å². The van der Waals surface area contributed by atoms with Crippen molar-refractivity contribution < 1.29 is 9.47 Å². The van der Waals surface area contributed by atoms with Crippen molar-refractivity contribution >= 4 is 47.4 Å². The highest BCUT2D eigenvalue weighted by molar-refractivity contribution is 7.99. The molecule has 0 aliphatic heterocycles. The standard InChI is InChI=1S/C25H25Cl2N5O2S.ClH/c1-33-23-10-5-7-18(24(23)34-17-19-11-12-20(26)15-22(19)27)16-28-13-6-14-35-25-29-30-31-32(25)21-8-3-2-4-9-21;/h2-5,7-12,15,28H,6,13-14,16-17H2,1H3;1H. The molecule has 0 saturated heterocycles. The Labute approximate surface area is 230 Å². The lowest BCUT2D eigenvalue weighted by Gasteiger charge is -2.16. The zero-order valence-corrected chi connectivity index (χ0v) is 22.7. The van der Waals surface area contributed by atoms with Crippen molar-refractivity contribution in [3.05, 3.63) is 87.9 Å². The largest absolute Gasteiger partial charge is 0.493 e. The Morgan fingerprint density at radius 1 is 1.00 bits per heavy atom. The fraction of sp³-hybridized carbons (Fsp3) is 0.240. The molecule has 4 aromatic rings. The first-order chi connectivity index (χ1) is 17.2. The topological polar surface area (TPSA) is 74.1 Å². The summed E-state index contributed by atoms with van der Waals surface area (Å²) < 4.78 is 13.4. The van der Waals surface area contributed by atoms with E-state index in [2.05, 4.69) is 20.8 Å². The van der Waals surface area contributed by atoms with Gasteiger partial charge in [0.25, 0.3) is 0 Å². The van der Waals surface area contributed by atoms with Gasteiger partial charge in [0.1, 0.15) is 6.61 Å². The van der Waals surface area contributed by atoms with Crippen LogP contribution in [0.1, 0.15) is 17.5 Å². The predicted octanol–water partition coefficient (Wildman–Crippen LogP) is 6.25. The molecule has 7 nitrogen and oxygen atoms in total. The molecule has 4 rings (SSSR count). The Bertz CT molecular complexity index is 1240. The average molecular weight is 567 g/mol. The first-order valence-corrected chi connectivity index (χ1v) is 12.8. The van der Waals surface area contributed by atoms with Crippen molar-refractivity contribution in [3.63, 3.8) is 0 Å². The Balaban J connectivity index is 0.00000361. The summed E-state index contributed by atoms with van der Waals surface area (Å²) in [6, 6.07) is 21.1. The van der Waals surface area contributed by atoms with Crippen LogP contribution in [0.4, 0.5) is 0 Å². The van der Waals surface area contributed by atoms with Crippen LogP contribution in [-0.2, 0) is 13.2 Å². The van der Waals surface area contributed by atoms with Crippen LogP contribution in [0.25, 0.3) is 5.69 Å². The molecular weight excluding hydrogens is 541 g/mol. The maximum Gasteiger partial charge on any atom is 0.214 e. The summed E-state index contributed by atoms with van der Waals surface area (Å²) >= 11 is 13.9. The highest BCUT2D eigenvalue weighted by Crippen LogP contribution is 2.33. The van der Waals surface area contributed by atoms with Crippen molar-refractivity contribution in [3.8, 4) is 17.2 Å². The van der Waals surface area contributed by atoms with Crippen molar-refractivity contribution in [2.45, 2.75) is 24.7 Å². The van der Waals surface area contributed by atoms with Crippen LogP contribution in [0.15, 0.2) is 71.9 Å². The molecular formula is C25H26Cl3N5O2S. The molecule has 3 aromatic carbocycles. The maximum atomic E-state index is 6.30. The molecule has 0 atom stereocenters. The second-order valence-electron chi connectivity index (χ2n) is 7.56. The van der Waals surface area contributed by atoms with Gasteiger partial charge in [-0.1, -0.05) is 71.4 Å². The van der Waals surface area contributed by atoms with Gasteiger partial charge in [-0.25, -0.2) is 0 Å². The van der Waals surface area contributed by atoms with Gasteiger partial charge >= 0.3 is 0 Å². The van der Waals surface area contributed by atoms with E-state index < -0.39 is 0 Å². The highest BCUT2D eigenvalue weighted by atomic mass is 35.5. The van der Waals surface area contributed by atoms with E-state index >= 15 is 0 Å². The average Bonchev–Trinajstić information content (AvgIpc) is 3.35. The molecule has 0 saturated carbocycles. The number of benzene rings is 3. The Kier molecular flexibility index (Phi) is 11.2. The molecule has 0 unspecified atom stereocenters. The third-order valence-corrected chi connectivity index (χ3v) is 6.75. The third kappa shape index (κ3) is 7.51. The van der Waals surface area contributed by atoms with E-state index in [1.54, 1.807) is 35.7 Å². The molecule has 0 spiro atoms. The van der Waals surface area contributed by atoms with Gasteiger partial charge in [0.05, 0.1) is 12.8 Å².